The fourth-order valence-electron chi connectivity index (χ4n) is 8.27. The Kier molecular flexibility index (Phi) is 11.5. The number of benzene rings is 3. The molecule has 0 atom stereocenters. The van der Waals surface area contributed by atoms with E-state index in [2.05, 4.69) is 91.7 Å². The van der Waals surface area contributed by atoms with Gasteiger partial charge in [0.15, 0.2) is 0 Å². The summed E-state index contributed by atoms with van der Waals surface area (Å²) in [4.78, 5) is 32.6. The molecule has 6 nitrogen and oxygen atoms in total. The van der Waals surface area contributed by atoms with Gasteiger partial charge >= 0.3 is 5.97 Å². The first kappa shape index (κ1) is 35.9. The first-order valence-corrected chi connectivity index (χ1v) is 19.6. The van der Waals surface area contributed by atoms with E-state index in [4.69, 9.17) is 4.74 Å². The van der Waals surface area contributed by atoms with Crippen molar-refractivity contribution < 1.29 is 14.3 Å². The highest BCUT2D eigenvalue weighted by Crippen LogP contribution is 2.43. The van der Waals surface area contributed by atoms with Crippen molar-refractivity contribution >= 4 is 30.3 Å². The topological polar surface area (TPSA) is 56.3 Å². The first-order valence-electron chi connectivity index (χ1n) is 17.7. The molecule has 1 aliphatic heterocycles. The molecule has 5 rings (SSSR count). The molecule has 0 aromatic heterocycles. The standard InChI is InChI=1S/C41H55N3O3Si/c1-8-44(35-23-21-34(22-24-35)42(5)6)39-27-32(26-38(31(39)2)40(45)47-7)16-15-25-43-29-33(30-43)28-41(3,4)48(46,36-17-11-9-12-18-36)37-19-13-10-14-20-37/h9-14,17-20,26-27,33-35,46H,8,21-25,28-30H2,1-7H3/t34-,35-. The number of anilines is 1. The maximum Gasteiger partial charge on any atom is 0.338 e. The maximum absolute atomic E-state index is 12.9. The van der Waals surface area contributed by atoms with Gasteiger partial charge in [0.1, 0.15) is 0 Å². The third kappa shape index (κ3) is 7.58. The highest BCUT2D eigenvalue weighted by Gasteiger charge is 2.51. The summed E-state index contributed by atoms with van der Waals surface area (Å²) in [5.41, 5.74) is 3.51. The highest BCUT2D eigenvalue weighted by molar-refractivity contribution is 6.98. The van der Waals surface area contributed by atoms with E-state index in [1.165, 1.54) is 20.0 Å². The zero-order valence-corrected chi connectivity index (χ0v) is 31.1. The van der Waals surface area contributed by atoms with Crippen molar-refractivity contribution in [3.05, 3.63) is 89.5 Å². The monoisotopic (exact) mass is 665 g/mol. The molecule has 0 unspecified atom stereocenters. The van der Waals surface area contributed by atoms with Gasteiger partial charge in [-0.3, -0.25) is 4.90 Å². The van der Waals surface area contributed by atoms with Crippen LogP contribution in [-0.4, -0.2) is 88.4 Å². The summed E-state index contributed by atoms with van der Waals surface area (Å²) < 4.78 is 5.19. The molecule has 1 saturated heterocycles. The SMILES string of the molecule is CCN(c1cc(C#CCN2CC(CC(C)(C)[Si](O)(c3ccccc3)c3ccccc3)C2)cc(C(=O)OC)c1C)[C@H]1CC[C@H](N(C)C)CC1. The summed E-state index contributed by atoms with van der Waals surface area (Å²) in [6, 6.07) is 25.7. The van der Waals surface area contributed by atoms with Crippen LogP contribution in [0.15, 0.2) is 72.8 Å². The van der Waals surface area contributed by atoms with E-state index in [-0.39, 0.29) is 11.0 Å². The van der Waals surface area contributed by atoms with E-state index in [0.29, 0.717) is 30.1 Å². The summed E-state index contributed by atoms with van der Waals surface area (Å²) in [5.74, 6) is 7.01. The minimum Gasteiger partial charge on any atom is -0.465 e. The van der Waals surface area contributed by atoms with E-state index < -0.39 is 8.32 Å². The van der Waals surface area contributed by atoms with Crippen molar-refractivity contribution in [1.82, 2.24) is 9.80 Å². The summed E-state index contributed by atoms with van der Waals surface area (Å²) in [6.45, 7) is 12.3. The van der Waals surface area contributed by atoms with Gasteiger partial charge in [-0.25, -0.2) is 4.79 Å². The van der Waals surface area contributed by atoms with Gasteiger partial charge < -0.3 is 19.3 Å². The van der Waals surface area contributed by atoms with Crippen LogP contribution in [0, 0.1) is 24.7 Å². The van der Waals surface area contributed by atoms with Crippen LogP contribution >= 0.6 is 0 Å². The van der Waals surface area contributed by atoms with Crippen LogP contribution in [0.25, 0.3) is 0 Å². The summed E-state index contributed by atoms with van der Waals surface area (Å²) in [6.07, 6.45) is 5.61. The van der Waals surface area contributed by atoms with Crippen molar-refractivity contribution in [3.8, 4) is 11.8 Å². The predicted octanol–water partition coefficient (Wildman–Crippen LogP) is 5.69. The molecule has 0 bridgehead atoms. The van der Waals surface area contributed by atoms with Crippen molar-refractivity contribution in [2.45, 2.75) is 76.9 Å². The fourth-order valence-corrected chi connectivity index (χ4v) is 12.1. The number of rotatable bonds is 11. The third-order valence-electron chi connectivity index (χ3n) is 11.0. The molecule has 1 saturated carbocycles. The molecule has 3 aromatic carbocycles. The number of esters is 1. The summed E-state index contributed by atoms with van der Waals surface area (Å²) >= 11 is 0. The molecule has 1 N–H and O–H groups in total. The Labute approximate surface area is 290 Å². The average Bonchev–Trinajstić information content (AvgIpc) is 3.08. The number of carbonyl (C=O) groups is 1. The average molecular weight is 666 g/mol. The van der Waals surface area contributed by atoms with Crippen LogP contribution < -0.4 is 15.3 Å². The van der Waals surface area contributed by atoms with Gasteiger partial charge in [-0.2, -0.15) is 0 Å². The van der Waals surface area contributed by atoms with Crippen molar-refractivity contribution in [3.63, 3.8) is 0 Å². The fraction of sp³-hybridized carbons (Fsp3) is 0.488. The molecule has 3 aromatic rings. The number of hydrogen-bond acceptors (Lipinski definition) is 6. The van der Waals surface area contributed by atoms with Gasteiger partial charge in [-0.05, 0) is 99.1 Å². The van der Waals surface area contributed by atoms with Crippen molar-refractivity contribution in [2.75, 3.05) is 52.3 Å². The number of methoxy groups -OCH3 is 1. The number of nitrogens with zero attached hydrogens (tertiary/aromatic N) is 3. The highest BCUT2D eigenvalue weighted by atomic mass is 28.4. The van der Waals surface area contributed by atoms with Gasteiger partial charge in [0.05, 0.1) is 19.2 Å². The van der Waals surface area contributed by atoms with Crippen LogP contribution in [-0.2, 0) is 4.74 Å². The summed E-state index contributed by atoms with van der Waals surface area (Å²) in [7, 11) is 2.79. The van der Waals surface area contributed by atoms with Gasteiger partial charge in [0, 0.05) is 43.0 Å². The summed E-state index contributed by atoms with van der Waals surface area (Å²) in [5, 5.41) is 1.88. The maximum atomic E-state index is 12.9. The molecule has 2 aliphatic rings. The second-order valence-electron chi connectivity index (χ2n) is 14.8. The Hall–Kier alpha value is -3.41. The molecule has 1 aliphatic carbocycles. The largest absolute Gasteiger partial charge is 0.465 e. The molecule has 48 heavy (non-hydrogen) atoms. The van der Waals surface area contributed by atoms with E-state index in [0.717, 1.165) is 66.1 Å². The van der Waals surface area contributed by atoms with E-state index in [1.54, 1.807) is 0 Å². The smallest absolute Gasteiger partial charge is 0.338 e. The van der Waals surface area contributed by atoms with E-state index in [1.807, 2.05) is 49.4 Å². The zero-order chi connectivity index (χ0) is 34.5. The minimum atomic E-state index is -3.02. The van der Waals surface area contributed by atoms with Gasteiger partial charge in [0.25, 0.3) is 8.32 Å². The number of carbonyl (C=O) groups excluding carboxylic acids is 1. The molecular weight excluding hydrogens is 611 g/mol. The predicted molar refractivity (Wildman–Crippen MR) is 201 cm³/mol. The normalized spacial score (nSPS) is 18.9. The first-order chi connectivity index (χ1) is 23.0. The minimum absolute atomic E-state index is 0.252. The molecular formula is C41H55N3O3Si. The van der Waals surface area contributed by atoms with Crippen molar-refractivity contribution in [1.29, 1.82) is 0 Å². The van der Waals surface area contributed by atoms with Gasteiger partial charge in [0.2, 0.25) is 0 Å². The second kappa shape index (κ2) is 15.4. The number of ether oxygens (including phenoxy) is 1. The lowest BCUT2D eigenvalue weighted by molar-refractivity contribution is 0.0600. The van der Waals surface area contributed by atoms with Crippen LogP contribution in [0.4, 0.5) is 5.69 Å². The van der Waals surface area contributed by atoms with E-state index in [9.17, 15) is 9.59 Å². The van der Waals surface area contributed by atoms with Gasteiger partial charge in [-0.1, -0.05) is 86.4 Å². The van der Waals surface area contributed by atoms with Crippen LogP contribution in [0.2, 0.25) is 5.04 Å². The molecule has 0 radical (unpaired) electrons. The lowest BCUT2D eigenvalue weighted by Crippen LogP contribution is -2.66. The van der Waals surface area contributed by atoms with Crippen LogP contribution in [0.3, 0.4) is 0 Å². The van der Waals surface area contributed by atoms with Crippen LogP contribution in [0.1, 0.15) is 74.4 Å². The Morgan fingerprint density at radius 2 is 1.52 bits per heavy atom. The molecule has 0 spiro atoms. The third-order valence-corrected chi connectivity index (χ3v) is 15.5. The van der Waals surface area contributed by atoms with E-state index >= 15 is 0 Å². The number of hydrogen-bond donors (Lipinski definition) is 1. The lowest BCUT2D eigenvalue weighted by Gasteiger charge is -2.47. The lowest BCUT2D eigenvalue weighted by atomic mass is 9.88. The second-order valence-corrected chi connectivity index (χ2v) is 18.7. The molecule has 2 fully saturated rings. The Bertz CT molecular complexity index is 1540. The Morgan fingerprint density at radius 1 is 0.958 bits per heavy atom. The Morgan fingerprint density at radius 3 is 2.04 bits per heavy atom. The Balaban J connectivity index is 1.27. The zero-order valence-electron chi connectivity index (χ0n) is 30.1. The number of likely N-dealkylation sites (tertiary alicyclic amines) is 1. The quantitative estimate of drug-likeness (QED) is 0.162. The van der Waals surface area contributed by atoms with Gasteiger partial charge in [-0.15, -0.1) is 0 Å². The van der Waals surface area contributed by atoms with Crippen LogP contribution in [0.5, 0.6) is 0 Å². The van der Waals surface area contributed by atoms with Crippen molar-refractivity contribution in [2.24, 2.45) is 5.92 Å². The molecule has 256 valence electrons. The molecule has 7 heteroatoms. The molecule has 1 heterocycles. The molecule has 0 amide bonds.